The van der Waals surface area contributed by atoms with Crippen LogP contribution in [0.3, 0.4) is 0 Å². The molecule has 0 fully saturated rings. The molecule has 0 bridgehead atoms. The van der Waals surface area contributed by atoms with Crippen LogP contribution in [0.5, 0.6) is 0 Å². The second-order valence-corrected chi connectivity index (χ2v) is 5.95. The molecule has 0 N–H and O–H groups in total. The molecule has 0 aromatic heterocycles. The van der Waals surface area contributed by atoms with Gasteiger partial charge in [0.2, 0.25) is 0 Å². The number of nitrogens with zero attached hydrogens (tertiary/aromatic N) is 1. The van der Waals surface area contributed by atoms with Crippen LogP contribution in [0.4, 0.5) is 4.39 Å². The van der Waals surface area contributed by atoms with Crippen LogP contribution in [-0.2, 0) is 5.75 Å². The SMILES string of the molecule is CC(C)c1ccc(SCc2cccc(C#N)c2F)cc1. The number of rotatable bonds is 4. The van der Waals surface area contributed by atoms with Gasteiger partial charge in [-0.15, -0.1) is 11.8 Å². The summed E-state index contributed by atoms with van der Waals surface area (Å²) in [7, 11) is 0. The summed E-state index contributed by atoms with van der Waals surface area (Å²) in [6.07, 6.45) is 0. The van der Waals surface area contributed by atoms with E-state index in [1.54, 1.807) is 23.9 Å². The van der Waals surface area contributed by atoms with Crippen molar-refractivity contribution in [1.82, 2.24) is 0 Å². The maximum Gasteiger partial charge on any atom is 0.144 e. The lowest BCUT2D eigenvalue weighted by Gasteiger charge is -2.07. The Morgan fingerprint density at radius 2 is 1.85 bits per heavy atom. The van der Waals surface area contributed by atoms with Gasteiger partial charge in [0.05, 0.1) is 5.56 Å². The Kier molecular flexibility index (Phi) is 4.81. The molecule has 0 spiro atoms. The van der Waals surface area contributed by atoms with Gasteiger partial charge in [-0.25, -0.2) is 4.39 Å². The first-order valence-corrected chi connectivity index (χ1v) is 7.50. The molecule has 0 saturated heterocycles. The standard InChI is InChI=1S/C17H16FNS/c1-12(2)13-6-8-16(9-7-13)20-11-15-5-3-4-14(10-19)17(15)18/h3-9,12H,11H2,1-2H3. The first-order chi connectivity index (χ1) is 9.61. The van der Waals surface area contributed by atoms with Crippen LogP contribution in [0.2, 0.25) is 0 Å². The van der Waals surface area contributed by atoms with E-state index in [1.807, 2.05) is 6.07 Å². The van der Waals surface area contributed by atoms with E-state index in [0.717, 1.165) is 4.90 Å². The van der Waals surface area contributed by atoms with Crippen LogP contribution in [0.25, 0.3) is 0 Å². The summed E-state index contributed by atoms with van der Waals surface area (Å²) in [6.45, 7) is 4.32. The molecule has 0 aliphatic rings. The molecule has 0 saturated carbocycles. The predicted octanol–water partition coefficient (Wildman–Crippen LogP) is 5.11. The van der Waals surface area contributed by atoms with E-state index in [9.17, 15) is 4.39 Å². The quantitative estimate of drug-likeness (QED) is 0.729. The van der Waals surface area contributed by atoms with Crippen molar-refractivity contribution in [2.24, 2.45) is 0 Å². The van der Waals surface area contributed by atoms with Crippen LogP contribution in [0.1, 0.15) is 36.5 Å². The molecule has 20 heavy (non-hydrogen) atoms. The monoisotopic (exact) mass is 285 g/mol. The highest BCUT2D eigenvalue weighted by Crippen LogP contribution is 2.26. The fraction of sp³-hybridized carbons (Fsp3) is 0.235. The van der Waals surface area contributed by atoms with Gasteiger partial charge in [0.15, 0.2) is 0 Å². The van der Waals surface area contributed by atoms with E-state index in [0.29, 0.717) is 17.2 Å². The molecule has 0 radical (unpaired) electrons. The molecule has 3 heteroatoms. The van der Waals surface area contributed by atoms with E-state index in [2.05, 4.69) is 38.1 Å². The fourth-order valence-electron chi connectivity index (χ4n) is 1.89. The van der Waals surface area contributed by atoms with Crippen molar-refractivity contribution in [3.05, 3.63) is 65.0 Å². The highest BCUT2D eigenvalue weighted by Gasteiger charge is 2.08. The Balaban J connectivity index is 2.07. The van der Waals surface area contributed by atoms with Crippen LogP contribution in [0, 0.1) is 17.1 Å². The largest absolute Gasteiger partial charge is 0.205 e. The van der Waals surface area contributed by atoms with Gasteiger partial charge in [-0.1, -0.05) is 38.1 Å². The first-order valence-electron chi connectivity index (χ1n) is 6.52. The summed E-state index contributed by atoms with van der Waals surface area (Å²) in [4.78, 5) is 1.11. The Morgan fingerprint density at radius 1 is 1.15 bits per heavy atom. The summed E-state index contributed by atoms with van der Waals surface area (Å²) < 4.78 is 13.9. The molecule has 0 unspecified atom stereocenters. The average Bonchev–Trinajstić information content (AvgIpc) is 2.46. The summed E-state index contributed by atoms with van der Waals surface area (Å²) in [5, 5.41) is 8.81. The number of benzene rings is 2. The summed E-state index contributed by atoms with van der Waals surface area (Å²) >= 11 is 1.58. The third-order valence-corrected chi connectivity index (χ3v) is 4.20. The Bertz CT molecular complexity index is 626. The molecule has 2 aromatic carbocycles. The summed E-state index contributed by atoms with van der Waals surface area (Å²) in [6, 6.07) is 15.2. The zero-order valence-corrected chi connectivity index (χ0v) is 12.4. The maximum atomic E-state index is 13.9. The van der Waals surface area contributed by atoms with E-state index >= 15 is 0 Å². The van der Waals surface area contributed by atoms with Crippen molar-refractivity contribution in [3.63, 3.8) is 0 Å². The van der Waals surface area contributed by atoms with Gasteiger partial charge >= 0.3 is 0 Å². The summed E-state index contributed by atoms with van der Waals surface area (Å²) in [5.74, 6) is 0.641. The van der Waals surface area contributed by atoms with Gasteiger partial charge in [-0.3, -0.25) is 0 Å². The normalized spacial score (nSPS) is 10.6. The smallest absolute Gasteiger partial charge is 0.144 e. The van der Waals surface area contributed by atoms with Crippen molar-refractivity contribution in [2.75, 3.05) is 0 Å². The second-order valence-electron chi connectivity index (χ2n) is 4.90. The number of thioether (sulfide) groups is 1. The minimum absolute atomic E-state index is 0.109. The Morgan fingerprint density at radius 3 is 2.45 bits per heavy atom. The molecule has 102 valence electrons. The molecule has 0 heterocycles. The third kappa shape index (κ3) is 3.40. The van der Waals surface area contributed by atoms with Gasteiger partial charge in [-0.05, 0) is 35.2 Å². The minimum Gasteiger partial charge on any atom is -0.205 e. The molecule has 0 aliphatic heterocycles. The van der Waals surface area contributed by atoms with Crippen molar-refractivity contribution in [1.29, 1.82) is 5.26 Å². The molecule has 0 aliphatic carbocycles. The van der Waals surface area contributed by atoms with Crippen LogP contribution in [-0.4, -0.2) is 0 Å². The van der Waals surface area contributed by atoms with Crippen molar-refractivity contribution >= 4 is 11.8 Å². The molecule has 2 rings (SSSR count). The van der Waals surface area contributed by atoms with Crippen molar-refractivity contribution in [3.8, 4) is 6.07 Å². The van der Waals surface area contributed by atoms with Gasteiger partial charge < -0.3 is 0 Å². The fourth-order valence-corrected chi connectivity index (χ4v) is 2.76. The summed E-state index contributed by atoms with van der Waals surface area (Å²) in [5.41, 5.74) is 1.98. The average molecular weight is 285 g/mol. The highest BCUT2D eigenvalue weighted by atomic mass is 32.2. The van der Waals surface area contributed by atoms with Gasteiger partial charge in [0, 0.05) is 10.6 Å². The van der Waals surface area contributed by atoms with Gasteiger partial charge in [0.1, 0.15) is 11.9 Å². The van der Waals surface area contributed by atoms with Crippen LogP contribution >= 0.6 is 11.8 Å². The lowest BCUT2D eigenvalue weighted by atomic mass is 10.0. The molecule has 0 atom stereocenters. The topological polar surface area (TPSA) is 23.8 Å². The second kappa shape index (κ2) is 6.58. The Hall–Kier alpha value is -1.79. The Labute approximate surface area is 123 Å². The van der Waals surface area contributed by atoms with Gasteiger partial charge in [-0.2, -0.15) is 5.26 Å². The van der Waals surface area contributed by atoms with Crippen molar-refractivity contribution < 1.29 is 4.39 Å². The van der Waals surface area contributed by atoms with E-state index < -0.39 is 5.82 Å². The molecule has 1 nitrogen and oxygen atoms in total. The van der Waals surface area contributed by atoms with Crippen LogP contribution < -0.4 is 0 Å². The molecular formula is C17H16FNS. The van der Waals surface area contributed by atoms with E-state index in [-0.39, 0.29) is 5.56 Å². The molecule has 0 amide bonds. The molecular weight excluding hydrogens is 269 g/mol. The molecule has 2 aromatic rings. The first kappa shape index (κ1) is 14.6. The lowest BCUT2D eigenvalue weighted by Crippen LogP contribution is -1.92. The zero-order chi connectivity index (χ0) is 14.5. The minimum atomic E-state index is -0.402. The van der Waals surface area contributed by atoms with Crippen molar-refractivity contribution in [2.45, 2.75) is 30.4 Å². The van der Waals surface area contributed by atoms with E-state index in [4.69, 9.17) is 5.26 Å². The van der Waals surface area contributed by atoms with Gasteiger partial charge in [0.25, 0.3) is 0 Å². The zero-order valence-electron chi connectivity index (χ0n) is 11.6. The number of hydrogen-bond donors (Lipinski definition) is 0. The number of halogens is 1. The highest BCUT2D eigenvalue weighted by molar-refractivity contribution is 7.98. The predicted molar refractivity (Wildman–Crippen MR) is 81.2 cm³/mol. The number of hydrogen-bond acceptors (Lipinski definition) is 2. The number of nitriles is 1. The maximum absolute atomic E-state index is 13.9. The lowest BCUT2D eigenvalue weighted by molar-refractivity contribution is 0.613. The van der Waals surface area contributed by atoms with E-state index in [1.165, 1.54) is 11.6 Å². The third-order valence-electron chi connectivity index (χ3n) is 3.14. The van der Waals surface area contributed by atoms with Crippen LogP contribution in [0.15, 0.2) is 47.4 Å².